The van der Waals surface area contributed by atoms with Crippen LogP contribution in [0.25, 0.3) is 0 Å². The minimum atomic E-state index is -0.722. The Hall–Kier alpha value is -0.960. The average Bonchev–Trinajstić information content (AvgIpc) is 2.34. The summed E-state index contributed by atoms with van der Waals surface area (Å²) < 4.78 is 0. The van der Waals surface area contributed by atoms with Gasteiger partial charge >= 0.3 is 5.97 Å². The lowest BCUT2D eigenvalue weighted by Gasteiger charge is -2.16. The van der Waals surface area contributed by atoms with E-state index in [2.05, 4.69) is 18.2 Å². The summed E-state index contributed by atoms with van der Waals surface area (Å²) in [5, 5.41) is 8.55. The van der Waals surface area contributed by atoms with Crippen LogP contribution in [0.4, 0.5) is 0 Å². The second kappa shape index (κ2) is 6.10. The molecule has 2 nitrogen and oxygen atoms in total. The third kappa shape index (κ3) is 3.77. The van der Waals surface area contributed by atoms with E-state index in [4.69, 9.17) is 5.11 Å². The molecule has 0 saturated carbocycles. The molecular weight excluding hydrogens is 232 g/mol. The van der Waals surface area contributed by atoms with Crippen LogP contribution in [0.1, 0.15) is 29.5 Å². The number of rotatable bonds is 5. The Balaban J connectivity index is 1.86. The van der Waals surface area contributed by atoms with Crippen LogP contribution in [0, 0.1) is 0 Å². The van der Waals surface area contributed by atoms with Gasteiger partial charge in [0.1, 0.15) is 0 Å². The molecule has 17 heavy (non-hydrogen) atoms. The van der Waals surface area contributed by atoms with Gasteiger partial charge in [-0.2, -0.15) is 0 Å². The monoisotopic (exact) mass is 250 g/mol. The van der Waals surface area contributed by atoms with E-state index in [-0.39, 0.29) is 5.75 Å². The van der Waals surface area contributed by atoms with Crippen molar-refractivity contribution >= 4 is 17.7 Å². The second-order valence-electron chi connectivity index (χ2n) is 4.51. The molecule has 0 amide bonds. The van der Waals surface area contributed by atoms with Gasteiger partial charge in [0, 0.05) is 0 Å². The van der Waals surface area contributed by atoms with Crippen molar-refractivity contribution in [1.82, 2.24) is 0 Å². The van der Waals surface area contributed by atoms with Crippen LogP contribution in [-0.2, 0) is 24.1 Å². The number of carboxylic acid groups (broad SMARTS) is 1. The van der Waals surface area contributed by atoms with Gasteiger partial charge in [-0.1, -0.05) is 18.2 Å². The summed E-state index contributed by atoms with van der Waals surface area (Å²) in [4.78, 5) is 10.4. The van der Waals surface area contributed by atoms with E-state index >= 15 is 0 Å². The van der Waals surface area contributed by atoms with Gasteiger partial charge in [0.05, 0.1) is 5.75 Å². The molecule has 1 aliphatic rings. The lowest BCUT2D eigenvalue weighted by molar-refractivity contribution is -0.133. The van der Waals surface area contributed by atoms with Gasteiger partial charge in [-0.25, -0.2) is 0 Å². The van der Waals surface area contributed by atoms with Crippen molar-refractivity contribution in [3.8, 4) is 0 Å². The van der Waals surface area contributed by atoms with Crippen LogP contribution in [0.5, 0.6) is 0 Å². The van der Waals surface area contributed by atoms with Crippen molar-refractivity contribution in [3.05, 3.63) is 34.9 Å². The molecule has 0 unspecified atom stereocenters. The van der Waals surface area contributed by atoms with E-state index in [0.717, 1.165) is 12.2 Å². The van der Waals surface area contributed by atoms with Crippen molar-refractivity contribution in [2.75, 3.05) is 11.5 Å². The van der Waals surface area contributed by atoms with Crippen molar-refractivity contribution in [2.45, 2.75) is 32.1 Å². The summed E-state index contributed by atoms with van der Waals surface area (Å²) in [5.74, 6) is 0.385. The molecule has 0 fully saturated rings. The lowest BCUT2D eigenvalue weighted by atomic mass is 9.90. The Morgan fingerprint density at radius 1 is 1.24 bits per heavy atom. The van der Waals surface area contributed by atoms with Crippen LogP contribution in [-0.4, -0.2) is 22.6 Å². The first kappa shape index (κ1) is 12.5. The smallest absolute Gasteiger partial charge is 0.313 e. The second-order valence-corrected chi connectivity index (χ2v) is 5.61. The molecular formula is C14H18O2S. The minimum absolute atomic E-state index is 0.213. The van der Waals surface area contributed by atoms with Crippen molar-refractivity contribution in [2.24, 2.45) is 0 Å². The summed E-state index contributed by atoms with van der Waals surface area (Å²) in [5.41, 5.74) is 4.37. The molecule has 0 spiro atoms. The van der Waals surface area contributed by atoms with Crippen LogP contribution in [0.15, 0.2) is 18.2 Å². The van der Waals surface area contributed by atoms with Crippen LogP contribution < -0.4 is 0 Å². The van der Waals surface area contributed by atoms with Gasteiger partial charge in [0.2, 0.25) is 0 Å². The molecule has 0 aliphatic heterocycles. The molecule has 2 rings (SSSR count). The molecule has 0 saturated heterocycles. The molecule has 0 atom stereocenters. The van der Waals surface area contributed by atoms with E-state index in [1.54, 1.807) is 0 Å². The maximum Gasteiger partial charge on any atom is 0.313 e. The van der Waals surface area contributed by atoms with E-state index < -0.39 is 5.97 Å². The SMILES string of the molecule is O=C(O)CSCCc1ccc2c(c1)CCCC2. The zero-order valence-electron chi connectivity index (χ0n) is 9.95. The number of hydrogen-bond donors (Lipinski definition) is 1. The Bertz CT molecular complexity index is 401. The third-order valence-corrected chi connectivity index (χ3v) is 4.12. The van der Waals surface area contributed by atoms with Crippen molar-refractivity contribution < 1.29 is 9.90 Å². The van der Waals surface area contributed by atoms with E-state index in [9.17, 15) is 4.79 Å². The third-order valence-electron chi connectivity index (χ3n) is 3.17. The van der Waals surface area contributed by atoms with E-state index in [1.807, 2.05) is 0 Å². The molecule has 1 aromatic carbocycles. The topological polar surface area (TPSA) is 37.3 Å². The number of thioether (sulfide) groups is 1. The largest absolute Gasteiger partial charge is 0.481 e. The first-order chi connectivity index (χ1) is 8.25. The average molecular weight is 250 g/mol. The fourth-order valence-corrected chi connectivity index (χ4v) is 2.99. The number of benzene rings is 1. The molecule has 92 valence electrons. The van der Waals surface area contributed by atoms with Gasteiger partial charge in [0.15, 0.2) is 0 Å². The number of carbonyl (C=O) groups is 1. The highest BCUT2D eigenvalue weighted by molar-refractivity contribution is 7.99. The van der Waals surface area contributed by atoms with Gasteiger partial charge in [0.25, 0.3) is 0 Å². The highest BCUT2D eigenvalue weighted by Gasteiger charge is 2.09. The number of hydrogen-bond acceptors (Lipinski definition) is 2. The standard InChI is InChI=1S/C14H18O2S/c15-14(16)10-17-8-7-11-5-6-12-3-1-2-4-13(12)9-11/h5-6,9H,1-4,7-8,10H2,(H,15,16). The highest BCUT2D eigenvalue weighted by atomic mass is 32.2. The first-order valence-electron chi connectivity index (χ1n) is 6.16. The Labute approximate surface area is 106 Å². The highest BCUT2D eigenvalue weighted by Crippen LogP contribution is 2.22. The number of carboxylic acids is 1. The molecule has 0 bridgehead atoms. The molecule has 0 radical (unpaired) electrons. The van der Waals surface area contributed by atoms with Gasteiger partial charge < -0.3 is 5.11 Å². The van der Waals surface area contributed by atoms with Crippen molar-refractivity contribution in [1.29, 1.82) is 0 Å². The van der Waals surface area contributed by atoms with Gasteiger partial charge in [-0.05, 0) is 54.5 Å². The molecule has 3 heteroatoms. The predicted molar refractivity (Wildman–Crippen MR) is 71.7 cm³/mol. The maximum atomic E-state index is 10.4. The molecule has 1 aromatic rings. The Morgan fingerprint density at radius 3 is 2.76 bits per heavy atom. The summed E-state index contributed by atoms with van der Waals surface area (Å²) in [7, 11) is 0. The van der Waals surface area contributed by atoms with E-state index in [1.165, 1.54) is 54.1 Å². The zero-order chi connectivity index (χ0) is 12.1. The number of aryl methyl sites for hydroxylation is 3. The Kier molecular flexibility index (Phi) is 4.49. The minimum Gasteiger partial charge on any atom is -0.481 e. The summed E-state index contributed by atoms with van der Waals surface area (Å²) in [6.45, 7) is 0. The lowest BCUT2D eigenvalue weighted by Crippen LogP contribution is -2.04. The number of fused-ring (bicyclic) bond motifs is 1. The van der Waals surface area contributed by atoms with Crippen LogP contribution in [0.2, 0.25) is 0 Å². The Morgan fingerprint density at radius 2 is 2.00 bits per heavy atom. The molecule has 0 aromatic heterocycles. The summed E-state index contributed by atoms with van der Waals surface area (Å²) in [6, 6.07) is 6.77. The zero-order valence-corrected chi connectivity index (χ0v) is 10.8. The normalized spacial score (nSPS) is 14.4. The number of aliphatic carboxylic acids is 1. The fraction of sp³-hybridized carbons (Fsp3) is 0.500. The van der Waals surface area contributed by atoms with Crippen LogP contribution in [0.3, 0.4) is 0 Å². The molecule has 0 heterocycles. The molecule has 1 aliphatic carbocycles. The molecule has 1 N–H and O–H groups in total. The summed E-state index contributed by atoms with van der Waals surface area (Å²) in [6.07, 6.45) is 6.05. The van der Waals surface area contributed by atoms with Gasteiger partial charge in [-0.3, -0.25) is 4.79 Å². The van der Waals surface area contributed by atoms with Gasteiger partial charge in [-0.15, -0.1) is 11.8 Å². The quantitative estimate of drug-likeness (QED) is 0.816. The first-order valence-corrected chi connectivity index (χ1v) is 7.31. The predicted octanol–water partition coefficient (Wildman–Crippen LogP) is 2.93. The fourth-order valence-electron chi connectivity index (χ4n) is 2.29. The maximum absolute atomic E-state index is 10.4. The summed E-state index contributed by atoms with van der Waals surface area (Å²) >= 11 is 1.49. The van der Waals surface area contributed by atoms with Crippen LogP contribution >= 0.6 is 11.8 Å². The van der Waals surface area contributed by atoms with Crippen molar-refractivity contribution in [3.63, 3.8) is 0 Å². The van der Waals surface area contributed by atoms with E-state index in [0.29, 0.717) is 0 Å².